The SMILES string of the molecule is COc1ccc(N2C(=O)CC(NCC3CCCO3)C2=O)cc1. The van der Waals surface area contributed by atoms with E-state index >= 15 is 0 Å². The molecule has 0 saturated carbocycles. The molecule has 0 bridgehead atoms. The van der Waals surface area contributed by atoms with Gasteiger partial charge in [-0.15, -0.1) is 0 Å². The third kappa shape index (κ3) is 2.98. The number of rotatable bonds is 5. The van der Waals surface area contributed by atoms with Crippen LogP contribution in [0.4, 0.5) is 5.69 Å². The average molecular weight is 304 g/mol. The molecule has 22 heavy (non-hydrogen) atoms. The minimum atomic E-state index is -0.459. The summed E-state index contributed by atoms with van der Waals surface area (Å²) in [6.07, 6.45) is 2.40. The first-order valence-electron chi connectivity index (χ1n) is 7.55. The molecular weight excluding hydrogens is 284 g/mol. The van der Waals surface area contributed by atoms with Crippen molar-refractivity contribution >= 4 is 17.5 Å². The number of anilines is 1. The molecule has 1 aromatic carbocycles. The van der Waals surface area contributed by atoms with Crippen LogP contribution in [0.3, 0.4) is 0 Å². The number of nitrogens with zero attached hydrogens (tertiary/aromatic N) is 1. The normalized spacial score (nSPS) is 25.0. The molecule has 118 valence electrons. The van der Waals surface area contributed by atoms with Crippen molar-refractivity contribution in [3.8, 4) is 5.75 Å². The van der Waals surface area contributed by atoms with Gasteiger partial charge in [0, 0.05) is 13.2 Å². The Balaban J connectivity index is 1.65. The first-order valence-corrected chi connectivity index (χ1v) is 7.55. The van der Waals surface area contributed by atoms with Crippen LogP contribution in [0.25, 0.3) is 0 Å². The summed E-state index contributed by atoms with van der Waals surface area (Å²) in [4.78, 5) is 25.8. The van der Waals surface area contributed by atoms with Gasteiger partial charge in [-0.3, -0.25) is 9.59 Å². The summed E-state index contributed by atoms with van der Waals surface area (Å²) in [6.45, 7) is 1.39. The topological polar surface area (TPSA) is 67.9 Å². The van der Waals surface area contributed by atoms with Crippen LogP contribution in [0.1, 0.15) is 19.3 Å². The lowest BCUT2D eigenvalue weighted by molar-refractivity contribution is -0.121. The van der Waals surface area contributed by atoms with Crippen LogP contribution in [0.5, 0.6) is 5.75 Å². The van der Waals surface area contributed by atoms with E-state index in [2.05, 4.69) is 5.32 Å². The zero-order valence-corrected chi connectivity index (χ0v) is 12.6. The number of ether oxygens (including phenoxy) is 2. The number of benzene rings is 1. The first-order chi connectivity index (χ1) is 10.7. The number of carbonyl (C=O) groups is 2. The molecule has 2 heterocycles. The van der Waals surface area contributed by atoms with Gasteiger partial charge in [0.15, 0.2) is 0 Å². The third-order valence-corrected chi connectivity index (χ3v) is 4.09. The summed E-state index contributed by atoms with van der Waals surface area (Å²) in [5.74, 6) is 0.309. The summed E-state index contributed by atoms with van der Waals surface area (Å²) in [5, 5.41) is 3.16. The van der Waals surface area contributed by atoms with E-state index in [4.69, 9.17) is 9.47 Å². The standard InChI is InChI=1S/C16H20N2O4/c1-21-12-6-4-11(5-7-12)18-15(19)9-14(16(18)20)17-10-13-3-2-8-22-13/h4-7,13-14,17H,2-3,8-10H2,1H3. The predicted octanol–water partition coefficient (Wildman–Crippen LogP) is 1.10. The zero-order valence-electron chi connectivity index (χ0n) is 12.6. The molecule has 0 radical (unpaired) electrons. The zero-order chi connectivity index (χ0) is 15.5. The average Bonchev–Trinajstić information content (AvgIpc) is 3.14. The van der Waals surface area contributed by atoms with Crippen molar-refractivity contribution in [2.24, 2.45) is 0 Å². The molecule has 0 aromatic heterocycles. The van der Waals surface area contributed by atoms with Crippen LogP contribution in [0.15, 0.2) is 24.3 Å². The van der Waals surface area contributed by atoms with Gasteiger partial charge in [0.05, 0.1) is 31.4 Å². The molecule has 6 nitrogen and oxygen atoms in total. The fourth-order valence-electron chi connectivity index (χ4n) is 2.87. The van der Waals surface area contributed by atoms with Gasteiger partial charge >= 0.3 is 0 Å². The van der Waals surface area contributed by atoms with Gasteiger partial charge in [-0.05, 0) is 37.1 Å². The van der Waals surface area contributed by atoms with Gasteiger partial charge in [0.2, 0.25) is 5.91 Å². The van der Waals surface area contributed by atoms with Crippen LogP contribution in [0.2, 0.25) is 0 Å². The summed E-state index contributed by atoms with van der Waals surface area (Å²) in [7, 11) is 1.58. The largest absolute Gasteiger partial charge is 0.497 e. The number of hydrogen-bond donors (Lipinski definition) is 1. The minimum absolute atomic E-state index is 0.151. The maximum Gasteiger partial charge on any atom is 0.251 e. The summed E-state index contributed by atoms with van der Waals surface area (Å²) in [6, 6.07) is 6.46. The van der Waals surface area contributed by atoms with Gasteiger partial charge < -0.3 is 14.8 Å². The van der Waals surface area contributed by atoms with Crippen molar-refractivity contribution in [1.82, 2.24) is 5.32 Å². The van der Waals surface area contributed by atoms with Crippen molar-refractivity contribution in [3.63, 3.8) is 0 Å². The molecule has 2 atom stereocenters. The van der Waals surface area contributed by atoms with Gasteiger partial charge in [-0.2, -0.15) is 0 Å². The van der Waals surface area contributed by atoms with Crippen molar-refractivity contribution in [2.45, 2.75) is 31.4 Å². The Hall–Kier alpha value is -1.92. The molecule has 3 rings (SSSR count). The highest BCUT2D eigenvalue weighted by molar-refractivity contribution is 6.22. The van der Waals surface area contributed by atoms with E-state index in [1.165, 1.54) is 4.90 Å². The van der Waals surface area contributed by atoms with Gasteiger partial charge in [0.1, 0.15) is 5.75 Å². The fraction of sp³-hybridized carbons (Fsp3) is 0.500. The van der Waals surface area contributed by atoms with Gasteiger partial charge in [-0.25, -0.2) is 4.90 Å². The van der Waals surface area contributed by atoms with Crippen LogP contribution < -0.4 is 15.0 Å². The van der Waals surface area contributed by atoms with E-state index in [0.717, 1.165) is 19.4 Å². The highest BCUT2D eigenvalue weighted by atomic mass is 16.5. The summed E-state index contributed by atoms with van der Waals surface area (Å²) < 4.78 is 10.6. The molecule has 2 unspecified atom stereocenters. The van der Waals surface area contributed by atoms with Gasteiger partial charge in [-0.1, -0.05) is 0 Å². The second-order valence-corrected chi connectivity index (χ2v) is 5.57. The third-order valence-electron chi connectivity index (χ3n) is 4.09. The molecule has 0 spiro atoms. The van der Waals surface area contributed by atoms with Crippen molar-refractivity contribution in [1.29, 1.82) is 0 Å². The maximum atomic E-state index is 12.4. The second-order valence-electron chi connectivity index (χ2n) is 5.57. The monoisotopic (exact) mass is 304 g/mol. The Morgan fingerprint density at radius 2 is 2.09 bits per heavy atom. The molecule has 2 saturated heterocycles. The molecule has 2 aliphatic rings. The van der Waals surface area contributed by atoms with Crippen LogP contribution in [-0.2, 0) is 14.3 Å². The smallest absolute Gasteiger partial charge is 0.251 e. The van der Waals surface area contributed by atoms with E-state index in [1.807, 2.05) is 0 Å². The summed E-state index contributed by atoms with van der Waals surface area (Å²) in [5.41, 5.74) is 0.581. The highest BCUT2D eigenvalue weighted by Gasteiger charge is 2.39. The number of hydrogen-bond acceptors (Lipinski definition) is 5. The molecule has 2 aliphatic heterocycles. The lowest BCUT2D eigenvalue weighted by atomic mass is 10.2. The Morgan fingerprint density at radius 1 is 1.32 bits per heavy atom. The van der Waals surface area contributed by atoms with Crippen LogP contribution in [-0.4, -0.2) is 44.2 Å². The number of methoxy groups -OCH3 is 1. The molecule has 1 N–H and O–H groups in total. The van der Waals surface area contributed by atoms with Crippen molar-refractivity contribution in [2.75, 3.05) is 25.2 Å². The quantitative estimate of drug-likeness (QED) is 0.825. The van der Waals surface area contributed by atoms with Crippen LogP contribution in [0, 0.1) is 0 Å². The second kappa shape index (κ2) is 6.46. The number of amides is 2. The van der Waals surface area contributed by atoms with E-state index in [-0.39, 0.29) is 24.3 Å². The van der Waals surface area contributed by atoms with E-state index in [0.29, 0.717) is 18.0 Å². The first kappa shape index (κ1) is 15.0. The molecule has 0 aliphatic carbocycles. The lowest BCUT2D eigenvalue weighted by Gasteiger charge is -2.17. The lowest BCUT2D eigenvalue weighted by Crippen LogP contribution is -2.41. The minimum Gasteiger partial charge on any atom is -0.497 e. The predicted molar refractivity (Wildman–Crippen MR) is 80.9 cm³/mol. The molecule has 1 aromatic rings. The van der Waals surface area contributed by atoms with E-state index < -0.39 is 6.04 Å². The fourth-order valence-corrected chi connectivity index (χ4v) is 2.87. The Morgan fingerprint density at radius 3 is 2.73 bits per heavy atom. The number of carbonyl (C=O) groups excluding carboxylic acids is 2. The van der Waals surface area contributed by atoms with Crippen molar-refractivity contribution in [3.05, 3.63) is 24.3 Å². The van der Waals surface area contributed by atoms with Gasteiger partial charge in [0.25, 0.3) is 5.91 Å². The number of nitrogens with one attached hydrogen (secondary N) is 1. The Labute approximate surface area is 129 Å². The van der Waals surface area contributed by atoms with E-state index in [9.17, 15) is 9.59 Å². The van der Waals surface area contributed by atoms with Crippen LogP contribution >= 0.6 is 0 Å². The molecule has 2 fully saturated rings. The molecular formula is C16H20N2O4. The Bertz CT molecular complexity index is 552. The Kier molecular flexibility index (Phi) is 4.40. The highest BCUT2D eigenvalue weighted by Crippen LogP contribution is 2.25. The van der Waals surface area contributed by atoms with E-state index in [1.54, 1.807) is 31.4 Å². The maximum absolute atomic E-state index is 12.4. The number of imide groups is 1. The van der Waals surface area contributed by atoms with Crippen molar-refractivity contribution < 1.29 is 19.1 Å². The molecule has 6 heteroatoms. The molecule has 2 amide bonds. The summed E-state index contributed by atoms with van der Waals surface area (Å²) >= 11 is 0.